The van der Waals surface area contributed by atoms with Crippen molar-refractivity contribution in [2.45, 2.75) is 15.8 Å². The van der Waals surface area contributed by atoms with Gasteiger partial charge in [0.25, 0.3) is 0 Å². The number of carboxylic acids is 1. The number of thiazole rings is 1. The first-order valence-corrected chi connectivity index (χ1v) is 7.08. The lowest BCUT2D eigenvalue weighted by molar-refractivity contribution is -0.136. The molecule has 0 bridgehead atoms. The molecule has 0 radical (unpaired) electrons. The molecular weight excluding hydrogens is 324 g/mol. The van der Waals surface area contributed by atoms with Crippen LogP contribution in [0.25, 0.3) is 0 Å². The van der Waals surface area contributed by atoms with Gasteiger partial charge in [-0.25, -0.2) is 9.97 Å². The first-order valence-electron chi connectivity index (χ1n) is 4.59. The van der Waals surface area contributed by atoms with Gasteiger partial charge in [-0.05, 0) is 39.8 Å². The Balaban J connectivity index is 2.06. The van der Waals surface area contributed by atoms with Gasteiger partial charge in [0.15, 0.2) is 4.34 Å². The summed E-state index contributed by atoms with van der Waals surface area (Å²) in [6.45, 7) is 0. The Bertz CT molecular complexity index is 527. The van der Waals surface area contributed by atoms with Crippen LogP contribution >= 0.6 is 39.0 Å². The van der Waals surface area contributed by atoms with Gasteiger partial charge >= 0.3 is 5.97 Å². The third kappa shape index (κ3) is 3.79. The first kappa shape index (κ1) is 12.5. The van der Waals surface area contributed by atoms with Crippen molar-refractivity contribution in [3.05, 3.63) is 33.9 Å². The summed E-state index contributed by atoms with van der Waals surface area (Å²) >= 11 is 6.17. The zero-order valence-corrected chi connectivity index (χ0v) is 11.7. The number of carbonyl (C=O) groups is 1. The van der Waals surface area contributed by atoms with E-state index in [0.717, 1.165) is 13.8 Å². The Labute approximate surface area is 114 Å². The average molecular weight is 331 g/mol. The second-order valence-corrected chi connectivity index (χ2v) is 6.13. The lowest BCUT2D eigenvalue weighted by Crippen LogP contribution is -1.99. The van der Waals surface area contributed by atoms with Gasteiger partial charge in [-0.1, -0.05) is 0 Å². The molecule has 7 heteroatoms. The molecule has 1 N–H and O–H groups in total. The van der Waals surface area contributed by atoms with Crippen molar-refractivity contribution in [2.24, 2.45) is 0 Å². The maximum atomic E-state index is 10.5. The Morgan fingerprint density at radius 2 is 2.35 bits per heavy atom. The minimum absolute atomic E-state index is 0.0369. The molecule has 0 unspecified atom stereocenters. The summed E-state index contributed by atoms with van der Waals surface area (Å²) in [5.74, 6) is -0.867. The monoisotopic (exact) mass is 330 g/mol. The molecule has 0 spiro atoms. The van der Waals surface area contributed by atoms with E-state index in [1.807, 2.05) is 12.1 Å². The number of rotatable bonds is 4. The molecule has 0 aliphatic rings. The van der Waals surface area contributed by atoms with Crippen LogP contribution < -0.4 is 0 Å². The van der Waals surface area contributed by atoms with Gasteiger partial charge in [0.05, 0.1) is 12.1 Å². The van der Waals surface area contributed by atoms with Crippen LogP contribution in [0.1, 0.15) is 5.69 Å². The fraction of sp³-hybridized carbons (Fsp3) is 0.100. The largest absolute Gasteiger partial charge is 0.481 e. The lowest BCUT2D eigenvalue weighted by Gasteiger charge is -1.96. The second kappa shape index (κ2) is 5.61. The molecule has 0 atom stereocenters. The Hall–Kier alpha value is -0.920. The number of hydrogen-bond donors (Lipinski definition) is 1. The van der Waals surface area contributed by atoms with Crippen LogP contribution in [-0.4, -0.2) is 21.0 Å². The highest BCUT2D eigenvalue weighted by atomic mass is 79.9. The minimum Gasteiger partial charge on any atom is -0.481 e. The van der Waals surface area contributed by atoms with Gasteiger partial charge in [-0.2, -0.15) is 0 Å². The summed E-state index contributed by atoms with van der Waals surface area (Å²) < 4.78 is 1.73. The number of carboxylic acid groups (broad SMARTS) is 1. The van der Waals surface area contributed by atoms with Crippen molar-refractivity contribution in [1.29, 1.82) is 0 Å². The number of pyridine rings is 1. The van der Waals surface area contributed by atoms with Gasteiger partial charge < -0.3 is 5.11 Å². The molecule has 2 aromatic heterocycles. The summed E-state index contributed by atoms with van der Waals surface area (Å²) in [4.78, 5) is 18.9. The highest BCUT2D eigenvalue weighted by Crippen LogP contribution is 2.29. The topological polar surface area (TPSA) is 63.1 Å². The van der Waals surface area contributed by atoms with Crippen LogP contribution in [0.15, 0.2) is 37.5 Å². The number of halogens is 1. The van der Waals surface area contributed by atoms with Crippen LogP contribution in [0.3, 0.4) is 0 Å². The Morgan fingerprint density at radius 3 is 3.00 bits per heavy atom. The lowest BCUT2D eigenvalue weighted by atomic mass is 10.3. The van der Waals surface area contributed by atoms with Gasteiger partial charge in [0, 0.05) is 16.0 Å². The predicted molar refractivity (Wildman–Crippen MR) is 69.5 cm³/mol. The molecule has 2 rings (SSSR count). The Kier molecular flexibility index (Phi) is 4.14. The van der Waals surface area contributed by atoms with Crippen molar-refractivity contribution < 1.29 is 9.90 Å². The number of hydrogen-bond acceptors (Lipinski definition) is 5. The van der Waals surface area contributed by atoms with E-state index in [1.165, 1.54) is 23.1 Å². The van der Waals surface area contributed by atoms with Crippen LogP contribution in [0.2, 0.25) is 0 Å². The van der Waals surface area contributed by atoms with Gasteiger partial charge in [-0.15, -0.1) is 11.3 Å². The van der Waals surface area contributed by atoms with E-state index in [4.69, 9.17) is 5.11 Å². The highest BCUT2D eigenvalue weighted by molar-refractivity contribution is 9.10. The Morgan fingerprint density at radius 1 is 1.53 bits per heavy atom. The van der Waals surface area contributed by atoms with Crippen LogP contribution in [0, 0.1) is 0 Å². The average Bonchev–Trinajstić information content (AvgIpc) is 2.68. The van der Waals surface area contributed by atoms with E-state index in [9.17, 15) is 4.79 Å². The standard InChI is InChI=1S/C10H7BrN2O2S2/c11-6-1-2-8(12-4-6)17-10-13-7(5-16-10)3-9(14)15/h1-2,4-5H,3H2,(H,14,15). The first-order chi connectivity index (χ1) is 8.13. The smallest absolute Gasteiger partial charge is 0.309 e. The van der Waals surface area contributed by atoms with Gasteiger partial charge in [0.1, 0.15) is 5.03 Å². The van der Waals surface area contributed by atoms with Crippen molar-refractivity contribution in [3.63, 3.8) is 0 Å². The SMILES string of the molecule is O=C(O)Cc1csc(Sc2ccc(Br)cn2)n1. The third-order valence-electron chi connectivity index (χ3n) is 1.76. The molecule has 0 fully saturated rings. The molecule has 0 aliphatic carbocycles. The highest BCUT2D eigenvalue weighted by Gasteiger charge is 2.07. The molecule has 0 saturated carbocycles. The van der Waals surface area contributed by atoms with E-state index in [0.29, 0.717) is 5.69 Å². The number of aliphatic carboxylic acids is 1. The molecule has 2 heterocycles. The molecule has 88 valence electrons. The molecule has 0 aromatic carbocycles. The molecule has 0 amide bonds. The van der Waals surface area contributed by atoms with Crippen molar-refractivity contribution in [2.75, 3.05) is 0 Å². The second-order valence-electron chi connectivity index (χ2n) is 3.09. The summed E-state index contributed by atoms with van der Waals surface area (Å²) in [7, 11) is 0. The molecule has 0 aliphatic heterocycles. The zero-order chi connectivity index (χ0) is 12.3. The molecular formula is C10H7BrN2O2S2. The summed E-state index contributed by atoms with van der Waals surface area (Å²) in [5, 5.41) is 11.2. The van der Waals surface area contributed by atoms with Crippen LogP contribution in [0.4, 0.5) is 0 Å². The van der Waals surface area contributed by atoms with Crippen molar-refractivity contribution in [1.82, 2.24) is 9.97 Å². The molecule has 2 aromatic rings. The molecule has 0 saturated heterocycles. The van der Waals surface area contributed by atoms with Crippen LogP contribution in [-0.2, 0) is 11.2 Å². The summed E-state index contributed by atoms with van der Waals surface area (Å²) in [5.41, 5.74) is 0.585. The fourth-order valence-electron chi connectivity index (χ4n) is 1.08. The van der Waals surface area contributed by atoms with E-state index in [2.05, 4.69) is 25.9 Å². The van der Waals surface area contributed by atoms with E-state index in [1.54, 1.807) is 11.6 Å². The quantitative estimate of drug-likeness (QED) is 0.933. The maximum Gasteiger partial charge on any atom is 0.309 e. The van der Waals surface area contributed by atoms with Crippen molar-refractivity contribution in [3.8, 4) is 0 Å². The fourth-order valence-corrected chi connectivity index (χ4v) is 3.04. The zero-order valence-electron chi connectivity index (χ0n) is 8.46. The molecule has 17 heavy (non-hydrogen) atoms. The van der Waals surface area contributed by atoms with Crippen molar-refractivity contribution >= 4 is 45.0 Å². The third-order valence-corrected chi connectivity index (χ3v) is 4.16. The molecule has 4 nitrogen and oxygen atoms in total. The number of nitrogens with zero attached hydrogens (tertiary/aromatic N) is 2. The number of aromatic nitrogens is 2. The minimum atomic E-state index is -0.867. The van der Waals surface area contributed by atoms with Gasteiger partial charge in [0.2, 0.25) is 0 Å². The van der Waals surface area contributed by atoms with E-state index < -0.39 is 5.97 Å². The summed E-state index contributed by atoms with van der Waals surface area (Å²) in [6.07, 6.45) is 1.68. The van der Waals surface area contributed by atoms with E-state index in [-0.39, 0.29) is 6.42 Å². The van der Waals surface area contributed by atoms with Crippen LogP contribution in [0.5, 0.6) is 0 Å². The van der Waals surface area contributed by atoms with Gasteiger partial charge in [-0.3, -0.25) is 4.79 Å². The summed E-state index contributed by atoms with van der Waals surface area (Å²) in [6, 6.07) is 3.79. The maximum absolute atomic E-state index is 10.5. The predicted octanol–water partition coefficient (Wildman–Crippen LogP) is 3.08. The normalized spacial score (nSPS) is 10.4. The van der Waals surface area contributed by atoms with E-state index >= 15 is 0 Å².